The second-order valence-corrected chi connectivity index (χ2v) is 3.63. The number of rotatable bonds is 3. The monoisotopic (exact) mass is 255 g/mol. The van der Waals surface area contributed by atoms with Crippen LogP contribution in [0.25, 0.3) is 0 Å². The van der Waals surface area contributed by atoms with E-state index in [0.717, 1.165) is 5.56 Å². The molecule has 5 heteroatoms. The van der Waals surface area contributed by atoms with Crippen LogP contribution in [0.2, 0.25) is 10.0 Å². The second kappa shape index (κ2) is 6.49. The Morgan fingerprint density at radius 2 is 2.00 bits per heavy atom. The molecule has 0 spiro atoms. The molecule has 1 unspecified atom stereocenters. The van der Waals surface area contributed by atoms with Gasteiger partial charge in [-0.1, -0.05) is 23.2 Å². The molecule has 0 bridgehead atoms. The summed E-state index contributed by atoms with van der Waals surface area (Å²) in [6.45, 7) is 0.0456. The lowest BCUT2D eigenvalue weighted by atomic mass is 10.1. The molecule has 80 valence electrons. The molecule has 0 fully saturated rings. The molecule has 0 amide bonds. The first-order valence-corrected chi connectivity index (χ1v) is 4.72. The highest BCUT2D eigenvalue weighted by atomic mass is 35.5. The maximum Gasteiger partial charge on any atom is 0.0454 e. The van der Waals surface area contributed by atoms with Gasteiger partial charge in [-0.15, -0.1) is 12.4 Å². The van der Waals surface area contributed by atoms with E-state index in [-0.39, 0.29) is 25.1 Å². The van der Waals surface area contributed by atoms with E-state index < -0.39 is 0 Å². The van der Waals surface area contributed by atoms with Gasteiger partial charge in [0.1, 0.15) is 0 Å². The SMILES string of the molecule is Cl.NC(CCO)c1cc(Cl)ccc1Cl. The van der Waals surface area contributed by atoms with Gasteiger partial charge in [0.25, 0.3) is 0 Å². The molecule has 1 aromatic carbocycles. The first-order chi connectivity index (χ1) is 6.15. The van der Waals surface area contributed by atoms with Crippen LogP contribution in [0.1, 0.15) is 18.0 Å². The van der Waals surface area contributed by atoms with Gasteiger partial charge >= 0.3 is 0 Å². The van der Waals surface area contributed by atoms with Crippen molar-refractivity contribution in [2.75, 3.05) is 6.61 Å². The van der Waals surface area contributed by atoms with Crippen LogP contribution >= 0.6 is 35.6 Å². The summed E-state index contributed by atoms with van der Waals surface area (Å²) >= 11 is 11.7. The number of aliphatic hydroxyl groups excluding tert-OH is 1. The Kier molecular flexibility index (Phi) is 6.49. The van der Waals surface area contributed by atoms with Crippen molar-refractivity contribution in [1.29, 1.82) is 0 Å². The molecule has 2 nitrogen and oxygen atoms in total. The third-order valence-electron chi connectivity index (χ3n) is 1.80. The Labute approximate surface area is 99.4 Å². The number of aliphatic hydroxyl groups is 1. The average molecular weight is 257 g/mol. The van der Waals surface area contributed by atoms with Crippen molar-refractivity contribution in [1.82, 2.24) is 0 Å². The summed E-state index contributed by atoms with van der Waals surface area (Å²) in [7, 11) is 0. The lowest BCUT2D eigenvalue weighted by molar-refractivity contribution is 0.276. The molecule has 14 heavy (non-hydrogen) atoms. The van der Waals surface area contributed by atoms with Crippen LogP contribution in [0.3, 0.4) is 0 Å². The first kappa shape index (κ1) is 14.0. The lowest BCUT2D eigenvalue weighted by Crippen LogP contribution is -2.12. The van der Waals surface area contributed by atoms with Crippen molar-refractivity contribution in [3.8, 4) is 0 Å². The van der Waals surface area contributed by atoms with Gasteiger partial charge in [0.05, 0.1) is 0 Å². The van der Waals surface area contributed by atoms with E-state index in [1.807, 2.05) is 0 Å². The molecule has 0 aliphatic carbocycles. The zero-order chi connectivity index (χ0) is 9.84. The van der Waals surface area contributed by atoms with Gasteiger partial charge in [-0.3, -0.25) is 0 Å². The molecular weight excluding hydrogens is 244 g/mol. The smallest absolute Gasteiger partial charge is 0.0454 e. The van der Waals surface area contributed by atoms with Crippen molar-refractivity contribution in [3.63, 3.8) is 0 Å². The van der Waals surface area contributed by atoms with Crippen LogP contribution in [0, 0.1) is 0 Å². The second-order valence-electron chi connectivity index (χ2n) is 2.78. The van der Waals surface area contributed by atoms with Gasteiger partial charge in [0.2, 0.25) is 0 Å². The van der Waals surface area contributed by atoms with E-state index in [1.165, 1.54) is 0 Å². The van der Waals surface area contributed by atoms with E-state index in [2.05, 4.69) is 0 Å². The van der Waals surface area contributed by atoms with Crippen molar-refractivity contribution >= 4 is 35.6 Å². The van der Waals surface area contributed by atoms with Gasteiger partial charge in [0.15, 0.2) is 0 Å². The average Bonchev–Trinajstić information content (AvgIpc) is 2.09. The summed E-state index contributed by atoms with van der Waals surface area (Å²) in [5, 5.41) is 9.89. The van der Waals surface area contributed by atoms with Crippen molar-refractivity contribution in [2.45, 2.75) is 12.5 Å². The van der Waals surface area contributed by atoms with E-state index in [9.17, 15) is 0 Å². The summed E-state index contributed by atoms with van der Waals surface area (Å²) in [4.78, 5) is 0. The minimum Gasteiger partial charge on any atom is -0.396 e. The summed E-state index contributed by atoms with van der Waals surface area (Å²) < 4.78 is 0. The number of hydrogen-bond acceptors (Lipinski definition) is 2. The summed E-state index contributed by atoms with van der Waals surface area (Å²) in [6.07, 6.45) is 0.486. The summed E-state index contributed by atoms with van der Waals surface area (Å²) in [5.41, 5.74) is 6.55. The zero-order valence-electron chi connectivity index (χ0n) is 7.41. The Hall–Kier alpha value is 0.01000. The normalized spacial score (nSPS) is 12.0. The third kappa shape index (κ3) is 3.64. The Morgan fingerprint density at radius 3 is 2.57 bits per heavy atom. The molecular formula is C9H12Cl3NO. The number of nitrogens with two attached hydrogens (primary N) is 1. The van der Waals surface area contributed by atoms with Gasteiger partial charge in [-0.2, -0.15) is 0 Å². The fraction of sp³-hybridized carbons (Fsp3) is 0.333. The Bertz CT molecular complexity index is 293. The fourth-order valence-corrected chi connectivity index (χ4v) is 1.53. The quantitative estimate of drug-likeness (QED) is 0.873. The van der Waals surface area contributed by atoms with Crippen LogP contribution in [0.4, 0.5) is 0 Å². The lowest BCUT2D eigenvalue weighted by Gasteiger charge is -2.12. The molecule has 0 heterocycles. The first-order valence-electron chi connectivity index (χ1n) is 3.96. The largest absolute Gasteiger partial charge is 0.396 e. The third-order valence-corrected chi connectivity index (χ3v) is 2.38. The molecule has 0 aliphatic heterocycles. The summed E-state index contributed by atoms with van der Waals surface area (Å²) in [5.74, 6) is 0. The highest BCUT2D eigenvalue weighted by molar-refractivity contribution is 6.33. The maximum absolute atomic E-state index is 8.70. The molecule has 1 atom stereocenters. The van der Waals surface area contributed by atoms with E-state index in [1.54, 1.807) is 18.2 Å². The predicted molar refractivity (Wildman–Crippen MR) is 62.3 cm³/mol. The molecule has 1 aromatic rings. The van der Waals surface area contributed by atoms with E-state index >= 15 is 0 Å². The molecule has 0 radical (unpaired) electrons. The number of benzene rings is 1. The van der Waals surface area contributed by atoms with E-state index in [4.69, 9.17) is 34.0 Å². The minimum absolute atomic E-state index is 0. The number of halogens is 3. The minimum atomic E-state index is -0.254. The van der Waals surface area contributed by atoms with Crippen molar-refractivity contribution in [2.24, 2.45) is 5.73 Å². The topological polar surface area (TPSA) is 46.2 Å². The molecule has 0 aromatic heterocycles. The van der Waals surface area contributed by atoms with Crippen LogP contribution in [0.15, 0.2) is 18.2 Å². The predicted octanol–water partition coefficient (Wildman–Crippen LogP) is 2.80. The van der Waals surface area contributed by atoms with Crippen LogP contribution in [-0.2, 0) is 0 Å². The molecule has 0 saturated carbocycles. The fourth-order valence-electron chi connectivity index (χ4n) is 1.09. The highest BCUT2D eigenvalue weighted by Gasteiger charge is 2.09. The van der Waals surface area contributed by atoms with Crippen molar-refractivity contribution in [3.05, 3.63) is 33.8 Å². The Balaban J connectivity index is 0.00000169. The van der Waals surface area contributed by atoms with Crippen LogP contribution < -0.4 is 5.73 Å². The van der Waals surface area contributed by atoms with Gasteiger partial charge < -0.3 is 10.8 Å². The van der Waals surface area contributed by atoms with Gasteiger partial charge in [0, 0.05) is 22.7 Å². The molecule has 0 saturated heterocycles. The van der Waals surface area contributed by atoms with Gasteiger partial charge in [-0.25, -0.2) is 0 Å². The number of hydrogen-bond donors (Lipinski definition) is 2. The zero-order valence-corrected chi connectivity index (χ0v) is 9.74. The van der Waals surface area contributed by atoms with E-state index in [0.29, 0.717) is 16.5 Å². The summed E-state index contributed by atoms with van der Waals surface area (Å²) in [6, 6.07) is 4.89. The molecule has 1 rings (SSSR count). The molecule has 3 N–H and O–H groups in total. The van der Waals surface area contributed by atoms with Crippen molar-refractivity contribution < 1.29 is 5.11 Å². The van der Waals surface area contributed by atoms with Crippen LogP contribution in [0.5, 0.6) is 0 Å². The van der Waals surface area contributed by atoms with Crippen LogP contribution in [-0.4, -0.2) is 11.7 Å². The highest BCUT2D eigenvalue weighted by Crippen LogP contribution is 2.26. The standard InChI is InChI=1S/C9H11Cl2NO.ClH/c10-6-1-2-8(11)7(5-6)9(12)3-4-13;/h1-2,5,9,13H,3-4,12H2;1H. The Morgan fingerprint density at radius 1 is 1.36 bits per heavy atom. The van der Waals surface area contributed by atoms with Gasteiger partial charge in [-0.05, 0) is 30.2 Å². The maximum atomic E-state index is 8.70. The molecule has 0 aliphatic rings.